The molecule has 0 aliphatic heterocycles. The number of phenolic OH excluding ortho intramolecular Hbond substituents is 1. The predicted octanol–water partition coefficient (Wildman–Crippen LogP) is 1.66. The molecule has 1 aromatic carbocycles. The molecule has 0 bridgehead atoms. The summed E-state index contributed by atoms with van der Waals surface area (Å²) in [4.78, 5) is 14.2. The standard InChI is InChI=1S/C12H10N2O2/c15-8-13-5-4-9-6-10-11(14-7-9)2-1-3-12(10)16/h1-8,16H,(H,13,15). The molecule has 0 saturated carbocycles. The summed E-state index contributed by atoms with van der Waals surface area (Å²) in [5.41, 5.74) is 1.55. The van der Waals surface area contributed by atoms with Crippen LogP contribution in [0.5, 0.6) is 5.75 Å². The lowest BCUT2D eigenvalue weighted by atomic mass is 10.1. The first-order valence-electron chi connectivity index (χ1n) is 4.75. The molecule has 1 heterocycles. The lowest BCUT2D eigenvalue weighted by molar-refractivity contribution is -0.108. The number of hydrogen-bond acceptors (Lipinski definition) is 3. The fourth-order valence-electron chi connectivity index (χ4n) is 1.42. The zero-order valence-corrected chi connectivity index (χ0v) is 8.42. The Labute approximate surface area is 92.2 Å². The van der Waals surface area contributed by atoms with E-state index >= 15 is 0 Å². The third-order valence-corrected chi connectivity index (χ3v) is 2.16. The second-order valence-electron chi connectivity index (χ2n) is 3.23. The van der Waals surface area contributed by atoms with Crippen molar-refractivity contribution in [2.24, 2.45) is 0 Å². The van der Waals surface area contributed by atoms with Crippen molar-refractivity contribution in [3.8, 4) is 5.75 Å². The normalized spacial score (nSPS) is 10.8. The maximum atomic E-state index is 10.0. The second-order valence-corrected chi connectivity index (χ2v) is 3.23. The first-order chi connectivity index (χ1) is 7.81. The van der Waals surface area contributed by atoms with E-state index in [4.69, 9.17) is 0 Å². The third-order valence-electron chi connectivity index (χ3n) is 2.16. The van der Waals surface area contributed by atoms with Gasteiger partial charge in [0.05, 0.1) is 5.52 Å². The van der Waals surface area contributed by atoms with E-state index in [1.54, 1.807) is 30.5 Å². The molecule has 0 atom stereocenters. The second kappa shape index (κ2) is 4.44. The highest BCUT2D eigenvalue weighted by Gasteiger charge is 1.99. The van der Waals surface area contributed by atoms with Crippen molar-refractivity contribution >= 4 is 23.4 Å². The highest BCUT2D eigenvalue weighted by molar-refractivity contribution is 5.86. The van der Waals surface area contributed by atoms with Crippen LogP contribution >= 0.6 is 0 Å². The highest BCUT2D eigenvalue weighted by atomic mass is 16.3. The van der Waals surface area contributed by atoms with Gasteiger partial charge in [-0.25, -0.2) is 0 Å². The van der Waals surface area contributed by atoms with Crippen LogP contribution < -0.4 is 5.32 Å². The molecule has 0 aliphatic rings. The minimum absolute atomic E-state index is 0.198. The molecule has 0 unspecified atom stereocenters. The SMILES string of the molecule is O=CNC=Cc1cnc2cccc(O)c2c1. The summed E-state index contributed by atoms with van der Waals surface area (Å²) in [5, 5.41) is 12.7. The number of carbonyl (C=O) groups is 1. The van der Waals surface area contributed by atoms with Gasteiger partial charge in [-0.1, -0.05) is 6.07 Å². The van der Waals surface area contributed by atoms with E-state index in [1.165, 1.54) is 6.20 Å². The van der Waals surface area contributed by atoms with E-state index in [-0.39, 0.29) is 5.75 Å². The number of benzene rings is 1. The number of carbonyl (C=O) groups excluding carboxylic acids is 1. The van der Waals surface area contributed by atoms with E-state index in [0.717, 1.165) is 11.1 Å². The summed E-state index contributed by atoms with van der Waals surface area (Å²) >= 11 is 0. The average molecular weight is 214 g/mol. The molecule has 80 valence electrons. The monoisotopic (exact) mass is 214 g/mol. The zero-order chi connectivity index (χ0) is 11.4. The fraction of sp³-hybridized carbons (Fsp3) is 0. The fourth-order valence-corrected chi connectivity index (χ4v) is 1.42. The Morgan fingerprint density at radius 3 is 3.06 bits per heavy atom. The first-order valence-corrected chi connectivity index (χ1v) is 4.75. The van der Waals surface area contributed by atoms with Crippen LogP contribution in [0.3, 0.4) is 0 Å². The molecular weight excluding hydrogens is 204 g/mol. The molecule has 0 fully saturated rings. The Morgan fingerprint density at radius 2 is 2.25 bits per heavy atom. The van der Waals surface area contributed by atoms with Gasteiger partial charge in [0.25, 0.3) is 0 Å². The van der Waals surface area contributed by atoms with E-state index in [2.05, 4.69) is 10.3 Å². The first kappa shape index (κ1) is 10.2. The zero-order valence-electron chi connectivity index (χ0n) is 8.42. The van der Waals surface area contributed by atoms with Crippen LogP contribution in [0.15, 0.2) is 36.7 Å². The molecule has 4 heteroatoms. The number of rotatable bonds is 3. The Bertz CT molecular complexity index is 550. The summed E-state index contributed by atoms with van der Waals surface area (Å²) in [6, 6.07) is 6.99. The van der Waals surface area contributed by atoms with Gasteiger partial charge in [-0.15, -0.1) is 0 Å². The van der Waals surface area contributed by atoms with Crippen molar-refractivity contribution in [3.05, 3.63) is 42.2 Å². The van der Waals surface area contributed by atoms with E-state index in [1.807, 2.05) is 6.07 Å². The predicted molar refractivity (Wildman–Crippen MR) is 61.6 cm³/mol. The lowest BCUT2D eigenvalue weighted by Crippen LogP contribution is -1.97. The van der Waals surface area contributed by atoms with Crippen molar-refractivity contribution in [2.45, 2.75) is 0 Å². The molecule has 2 aromatic rings. The number of aromatic hydroxyl groups is 1. The molecule has 1 amide bonds. The van der Waals surface area contributed by atoms with Crippen LogP contribution in [-0.4, -0.2) is 16.5 Å². The maximum Gasteiger partial charge on any atom is 0.211 e. The molecule has 16 heavy (non-hydrogen) atoms. The summed E-state index contributed by atoms with van der Waals surface area (Å²) < 4.78 is 0. The number of amides is 1. The van der Waals surface area contributed by atoms with Crippen LogP contribution in [0.1, 0.15) is 5.56 Å². The molecule has 2 N–H and O–H groups in total. The molecule has 0 aliphatic carbocycles. The Hall–Kier alpha value is -2.36. The van der Waals surface area contributed by atoms with Gasteiger partial charge in [0.2, 0.25) is 6.41 Å². The third kappa shape index (κ3) is 2.00. The van der Waals surface area contributed by atoms with E-state index < -0.39 is 0 Å². The van der Waals surface area contributed by atoms with Gasteiger partial charge >= 0.3 is 0 Å². The van der Waals surface area contributed by atoms with Gasteiger partial charge in [0.15, 0.2) is 0 Å². The van der Waals surface area contributed by atoms with Crippen LogP contribution in [0, 0.1) is 0 Å². The number of pyridine rings is 1. The Kier molecular flexibility index (Phi) is 2.82. The number of nitrogens with one attached hydrogen (secondary N) is 1. The average Bonchev–Trinajstić information content (AvgIpc) is 2.30. The van der Waals surface area contributed by atoms with Crippen LogP contribution in [0.2, 0.25) is 0 Å². The number of aromatic nitrogens is 1. The van der Waals surface area contributed by atoms with Crippen molar-refractivity contribution in [1.29, 1.82) is 0 Å². The number of fused-ring (bicyclic) bond motifs is 1. The minimum atomic E-state index is 0.198. The molecular formula is C12H10N2O2. The van der Waals surface area contributed by atoms with Crippen LogP contribution in [-0.2, 0) is 4.79 Å². The lowest BCUT2D eigenvalue weighted by Gasteiger charge is -2.00. The quantitative estimate of drug-likeness (QED) is 0.764. The van der Waals surface area contributed by atoms with Gasteiger partial charge in [-0.2, -0.15) is 0 Å². The number of phenols is 1. The molecule has 0 radical (unpaired) electrons. The topological polar surface area (TPSA) is 62.2 Å². The maximum absolute atomic E-state index is 10.0. The van der Waals surface area contributed by atoms with Gasteiger partial charge in [-0.05, 0) is 29.8 Å². The largest absolute Gasteiger partial charge is 0.507 e. The van der Waals surface area contributed by atoms with E-state index in [0.29, 0.717) is 11.8 Å². The molecule has 1 aromatic heterocycles. The van der Waals surface area contributed by atoms with E-state index in [9.17, 15) is 9.90 Å². The van der Waals surface area contributed by atoms with Crippen molar-refractivity contribution < 1.29 is 9.90 Å². The van der Waals surface area contributed by atoms with Gasteiger partial charge in [-0.3, -0.25) is 9.78 Å². The van der Waals surface area contributed by atoms with Crippen LogP contribution in [0.4, 0.5) is 0 Å². The van der Waals surface area contributed by atoms with Gasteiger partial charge < -0.3 is 10.4 Å². The number of hydrogen-bond donors (Lipinski definition) is 2. The molecule has 0 saturated heterocycles. The van der Waals surface area contributed by atoms with Crippen molar-refractivity contribution in [3.63, 3.8) is 0 Å². The number of nitrogens with zero attached hydrogens (tertiary/aromatic N) is 1. The summed E-state index contributed by atoms with van der Waals surface area (Å²) in [5.74, 6) is 0.198. The summed E-state index contributed by atoms with van der Waals surface area (Å²) in [6.07, 6.45) is 5.47. The smallest absolute Gasteiger partial charge is 0.211 e. The van der Waals surface area contributed by atoms with Crippen molar-refractivity contribution in [1.82, 2.24) is 10.3 Å². The van der Waals surface area contributed by atoms with Crippen molar-refractivity contribution in [2.75, 3.05) is 0 Å². The minimum Gasteiger partial charge on any atom is -0.507 e. The summed E-state index contributed by atoms with van der Waals surface area (Å²) in [6.45, 7) is 0. The molecule has 4 nitrogen and oxygen atoms in total. The van der Waals surface area contributed by atoms with Crippen LogP contribution in [0.25, 0.3) is 17.0 Å². The molecule has 2 rings (SSSR count). The molecule has 0 spiro atoms. The van der Waals surface area contributed by atoms with Gasteiger partial charge in [0.1, 0.15) is 5.75 Å². The highest BCUT2D eigenvalue weighted by Crippen LogP contribution is 2.23. The van der Waals surface area contributed by atoms with Gasteiger partial charge in [0, 0.05) is 17.8 Å². The Balaban J connectivity index is 2.43. The Morgan fingerprint density at radius 1 is 1.38 bits per heavy atom. The summed E-state index contributed by atoms with van der Waals surface area (Å²) in [7, 11) is 0.